The Morgan fingerprint density at radius 3 is 2.96 bits per heavy atom. The lowest BCUT2D eigenvalue weighted by molar-refractivity contribution is -0.0154. The highest BCUT2D eigenvalue weighted by Crippen LogP contribution is 2.29. The van der Waals surface area contributed by atoms with Gasteiger partial charge in [-0.2, -0.15) is 0 Å². The molecule has 1 aliphatic rings. The van der Waals surface area contributed by atoms with E-state index in [2.05, 4.69) is 5.32 Å². The van der Waals surface area contributed by atoms with E-state index in [1.54, 1.807) is 28.4 Å². The standard InChI is InChI=1S/C16H16Cl2N2O2S/c17-13-4-3-11(8-14(13)18)15-10-20(5-6-22-15)16(21)19-9-12-2-1-7-23-12/h1-4,7-8,15H,5-6,9-10H2,(H,19,21). The van der Waals surface area contributed by atoms with Gasteiger partial charge in [0.05, 0.1) is 29.7 Å². The monoisotopic (exact) mass is 370 g/mol. The fourth-order valence-electron chi connectivity index (χ4n) is 2.44. The van der Waals surface area contributed by atoms with Crippen molar-refractivity contribution in [2.45, 2.75) is 12.6 Å². The lowest BCUT2D eigenvalue weighted by Gasteiger charge is -2.33. The van der Waals surface area contributed by atoms with Crippen molar-refractivity contribution in [2.24, 2.45) is 0 Å². The van der Waals surface area contributed by atoms with Gasteiger partial charge < -0.3 is 15.0 Å². The van der Waals surface area contributed by atoms with Crippen molar-refractivity contribution in [3.63, 3.8) is 0 Å². The van der Waals surface area contributed by atoms with Crippen molar-refractivity contribution in [1.82, 2.24) is 10.2 Å². The molecule has 1 aromatic heterocycles. The summed E-state index contributed by atoms with van der Waals surface area (Å²) in [7, 11) is 0. The molecule has 0 bridgehead atoms. The van der Waals surface area contributed by atoms with Gasteiger partial charge in [0.1, 0.15) is 6.10 Å². The molecule has 1 aromatic carbocycles. The number of hydrogen-bond donors (Lipinski definition) is 1. The Labute approximate surface area is 149 Å². The minimum absolute atomic E-state index is 0.0771. The fraction of sp³-hybridized carbons (Fsp3) is 0.312. The predicted octanol–water partition coefficient (Wildman–Crippen LogP) is 4.34. The molecular formula is C16H16Cl2N2O2S. The van der Waals surface area contributed by atoms with Gasteiger partial charge >= 0.3 is 6.03 Å². The van der Waals surface area contributed by atoms with Crippen LogP contribution in [0, 0.1) is 0 Å². The predicted molar refractivity (Wildman–Crippen MR) is 93.3 cm³/mol. The number of benzene rings is 1. The number of hydrogen-bond acceptors (Lipinski definition) is 3. The molecule has 4 nitrogen and oxygen atoms in total. The summed E-state index contributed by atoms with van der Waals surface area (Å²) >= 11 is 13.6. The van der Waals surface area contributed by atoms with Gasteiger partial charge in [0.2, 0.25) is 0 Å². The second-order valence-electron chi connectivity index (χ2n) is 5.22. The maximum Gasteiger partial charge on any atom is 0.317 e. The van der Waals surface area contributed by atoms with Crippen LogP contribution in [-0.4, -0.2) is 30.6 Å². The van der Waals surface area contributed by atoms with E-state index < -0.39 is 0 Å². The number of halogens is 2. The van der Waals surface area contributed by atoms with Gasteiger partial charge in [0.15, 0.2) is 0 Å². The molecule has 0 aliphatic carbocycles. The summed E-state index contributed by atoms with van der Waals surface area (Å²) in [5.74, 6) is 0. The topological polar surface area (TPSA) is 41.6 Å². The number of morpholine rings is 1. The molecule has 122 valence electrons. The van der Waals surface area contributed by atoms with Crippen LogP contribution in [-0.2, 0) is 11.3 Å². The van der Waals surface area contributed by atoms with E-state index in [9.17, 15) is 4.79 Å². The van der Waals surface area contributed by atoms with Crippen LogP contribution in [0.3, 0.4) is 0 Å². The molecule has 1 aliphatic heterocycles. The number of nitrogens with zero attached hydrogens (tertiary/aromatic N) is 1. The largest absolute Gasteiger partial charge is 0.370 e. The Balaban J connectivity index is 1.60. The fourth-order valence-corrected chi connectivity index (χ4v) is 3.39. The van der Waals surface area contributed by atoms with Crippen LogP contribution in [0.25, 0.3) is 0 Å². The van der Waals surface area contributed by atoms with Gasteiger partial charge in [-0.1, -0.05) is 35.3 Å². The molecule has 2 heterocycles. The molecule has 2 aromatic rings. The molecule has 2 amide bonds. The first-order valence-electron chi connectivity index (χ1n) is 7.25. The van der Waals surface area contributed by atoms with Crippen molar-refractivity contribution in [3.05, 3.63) is 56.2 Å². The van der Waals surface area contributed by atoms with Gasteiger partial charge in [-0.15, -0.1) is 11.3 Å². The zero-order chi connectivity index (χ0) is 16.2. The van der Waals surface area contributed by atoms with Gasteiger partial charge in [-0.25, -0.2) is 4.79 Å². The van der Waals surface area contributed by atoms with Crippen LogP contribution in [0.4, 0.5) is 4.79 Å². The third kappa shape index (κ3) is 4.18. The number of amides is 2. The van der Waals surface area contributed by atoms with Crippen molar-refractivity contribution >= 4 is 40.6 Å². The highest BCUT2D eigenvalue weighted by molar-refractivity contribution is 7.09. The molecule has 1 saturated heterocycles. The number of carbonyl (C=O) groups is 1. The number of urea groups is 1. The van der Waals surface area contributed by atoms with Gasteiger partial charge in [0, 0.05) is 11.4 Å². The summed E-state index contributed by atoms with van der Waals surface area (Å²) in [5, 5.41) is 5.94. The molecule has 1 N–H and O–H groups in total. The average molecular weight is 371 g/mol. The smallest absolute Gasteiger partial charge is 0.317 e. The Bertz CT molecular complexity index is 679. The van der Waals surface area contributed by atoms with Crippen molar-refractivity contribution in [3.8, 4) is 0 Å². The highest BCUT2D eigenvalue weighted by atomic mass is 35.5. The van der Waals surface area contributed by atoms with E-state index in [1.807, 2.05) is 23.6 Å². The van der Waals surface area contributed by atoms with Gasteiger partial charge in [0.25, 0.3) is 0 Å². The molecule has 1 unspecified atom stereocenters. The first kappa shape index (κ1) is 16.6. The molecule has 1 fully saturated rings. The van der Waals surface area contributed by atoms with Crippen LogP contribution < -0.4 is 5.32 Å². The highest BCUT2D eigenvalue weighted by Gasteiger charge is 2.25. The Morgan fingerprint density at radius 2 is 2.22 bits per heavy atom. The summed E-state index contributed by atoms with van der Waals surface area (Å²) < 4.78 is 5.77. The van der Waals surface area contributed by atoms with Crippen LogP contribution in [0.1, 0.15) is 16.5 Å². The first-order valence-corrected chi connectivity index (χ1v) is 8.89. The maximum absolute atomic E-state index is 12.3. The van der Waals surface area contributed by atoms with E-state index in [4.69, 9.17) is 27.9 Å². The number of thiophene rings is 1. The van der Waals surface area contributed by atoms with Crippen molar-refractivity contribution < 1.29 is 9.53 Å². The minimum atomic E-state index is -0.189. The first-order chi connectivity index (χ1) is 11.1. The zero-order valence-corrected chi connectivity index (χ0v) is 14.6. The van der Waals surface area contributed by atoms with Crippen LogP contribution in [0.2, 0.25) is 10.0 Å². The Hall–Kier alpha value is -1.27. The van der Waals surface area contributed by atoms with Crippen LogP contribution in [0.5, 0.6) is 0 Å². The van der Waals surface area contributed by atoms with E-state index in [0.29, 0.717) is 36.3 Å². The molecule has 0 radical (unpaired) electrons. The lowest BCUT2D eigenvalue weighted by atomic mass is 10.1. The third-order valence-electron chi connectivity index (χ3n) is 3.66. The summed E-state index contributed by atoms with van der Waals surface area (Å²) in [6, 6.07) is 9.32. The van der Waals surface area contributed by atoms with E-state index in [1.165, 1.54) is 0 Å². The normalized spacial score (nSPS) is 18.0. The second kappa shape index (κ2) is 7.53. The lowest BCUT2D eigenvalue weighted by Crippen LogP contribution is -2.46. The second-order valence-corrected chi connectivity index (χ2v) is 7.06. The summed E-state index contributed by atoms with van der Waals surface area (Å²) in [6.45, 7) is 2.12. The average Bonchev–Trinajstić information content (AvgIpc) is 3.09. The number of rotatable bonds is 3. The van der Waals surface area contributed by atoms with E-state index >= 15 is 0 Å². The molecule has 23 heavy (non-hydrogen) atoms. The Kier molecular flexibility index (Phi) is 5.43. The van der Waals surface area contributed by atoms with Crippen molar-refractivity contribution in [2.75, 3.05) is 19.7 Å². The maximum atomic E-state index is 12.3. The van der Waals surface area contributed by atoms with E-state index in [0.717, 1.165) is 10.4 Å². The van der Waals surface area contributed by atoms with Gasteiger partial charge in [-0.05, 0) is 29.1 Å². The summed E-state index contributed by atoms with van der Waals surface area (Å²) in [6.07, 6.45) is -0.189. The molecule has 0 spiro atoms. The van der Waals surface area contributed by atoms with Crippen LogP contribution >= 0.6 is 34.5 Å². The number of nitrogens with one attached hydrogen (secondary N) is 1. The summed E-state index contributed by atoms with van der Waals surface area (Å²) in [5.41, 5.74) is 0.926. The molecule has 0 saturated carbocycles. The Morgan fingerprint density at radius 1 is 1.35 bits per heavy atom. The number of carbonyl (C=O) groups excluding carboxylic acids is 1. The molecule has 1 atom stereocenters. The van der Waals surface area contributed by atoms with Crippen LogP contribution in [0.15, 0.2) is 35.7 Å². The molecular weight excluding hydrogens is 355 g/mol. The zero-order valence-electron chi connectivity index (χ0n) is 12.3. The van der Waals surface area contributed by atoms with Gasteiger partial charge in [-0.3, -0.25) is 0 Å². The number of ether oxygens (including phenoxy) is 1. The van der Waals surface area contributed by atoms with E-state index in [-0.39, 0.29) is 12.1 Å². The third-order valence-corrected chi connectivity index (χ3v) is 5.28. The molecule has 3 rings (SSSR count). The minimum Gasteiger partial charge on any atom is -0.370 e. The SMILES string of the molecule is O=C(NCc1cccs1)N1CCOC(c2ccc(Cl)c(Cl)c2)C1. The quantitative estimate of drug-likeness (QED) is 0.872. The molecule has 7 heteroatoms. The summed E-state index contributed by atoms with van der Waals surface area (Å²) in [4.78, 5) is 15.2. The van der Waals surface area contributed by atoms with Crippen molar-refractivity contribution in [1.29, 1.82) is 0 Å².